The number of hydrogen-bond acceptors (Lipinski definition) is 3. The van der Waals surface area contributed by atoms with E-state index in [2.05, 4.69) is 10.2 Å². The summed E-state index contributed by atoms with van der Waals surface area (Å²) in [7, 11) is 0. The van der Waals surface area contributed by atoms with Crippen molar-refractivity contribution in [3.8, 4) is 0 Å². The van der Waals surface area contributed by atoms with Gasteiger partial charge in [0, 0.05) is 5.92 Å². The summed E-state index contributed by atoms with van der Waals surface area (Å²) in [6, 6.07) is 0. The van der Waals surface area contributed by atoms with Gasteiger partial charge in [0.05, 0.1) is 0 Å². The number of halogens is 1. The molecule has 0 atom stereocenters. The third kappa shape index (κ3) is 1.80. The molecule has 2 nitrogen and oxygen atoms in total. The van der Waals surface area contributed by atoms with Crippen molar-refractivity contribution < 1.29 is 0 Å². The highest BCUT2D eigenvalue weighted by molar-refractivity contribution is 7.15. The Hall–Kier alpha value is -0.150. The van der Waals surface area contributed by atoms with Gasteiger partial charge in [-0.3, -0.25) is 0 Å². The van der Waals surface area contributed by atoms with Crippen molar-refractivity contribution in [2.75, 3.05) is 0 Å². The summed E-state index contributed by atoms with van der Waals surface area (Å²) in [5.41, 5.74) is 0. The molecule has 0 N–H and O–H groups in total. The Kier molecular flexibility index (Phi) is 2.69. The van der Waals surface area contributed by atoms with Gasteiger partial charge in [-0.1, -0.05) is 24.2 Å². The van der Waals surface area contributed by atoms with E-state index in [0.717, 1.165) is 11.8 Å². The Balaban J connectivity index is 1.81. The zero-order chi connectivity index (χ0) is 10.3. The molecule has 2 aliphatic rings. The van der Waals surface area contributed by atoms with Gasteiger partial charge in [0.1, 0.15) is 5.01 Å². The van der Waals surface area contributed by atoms with Crippen LogP contribution in [-0.4, -0.2) is 10.2 Å². The van der Waals surface area contributed by atoms with Crippen LogP contribution in [0.1, 0.15) is 49.5 Å². The summed E-state index contributed by atoms with van der Waals surface area (Å²) >= 11 is 7.48. The van der Waals surface area contributed by atoms with Crippen LogP contribution in [-0.2, 0) is 0 Å². The fraction of sp³-hybridized carbons (Fsp3) is 0.818. The Morgan fingerprint density at radius 3 is 2.00 bits per heavy atom. The zero-order valence-electron chi connectivity index (χ0n) is 8.66. The molecule has 0 unspecified atom stereocenters. The lowest BCUT2D eigenvalue weighted by Crippen LogP contribution is -2.30. The lowest BCUT2D eigenvalue weighted by atomic mass is 9.65. The maximum atomic E-state index is 5.88. The molecule has 0 bridgehead atoms. The molecule has 2 saturated carbocycles. The number of aromatic nitrogens is 2. The lowest BCUT2D eigenvalue weighted by molar-refractivity contribution is 0.149. The molecule has 3 rings (SSSR count). The largest absolute Gasteiger partial charge is 0.207 e. The van der Waals surface area contributed by atoms with Crippen molar-refractivity contribution in [1.82, 2.24) is 10.2 Å². The summed E-state index contributed by atoms with van der Waals surface area (Å²) in [6.07, 6.45) is 8.36. The molecule has 0 amide bonds. The van der Waals surface area contributed by atoms with E-state index >= 15 is 0 Å². The molecule has 0 saturated heterocycles. The minimum absolute atomic E-state index is 0.605. The van der Waals surface area contributed by atoms with E-state index in [1.54, 1.807) is 11.3 Å². The van der Waals surface area contributed by atoms with Crippen LogP contribution in [0.4, 0.5) is 0 Å². The second kappa shape index (κ2) is 4.02. The van der Waals surface area contributed by atoms with Crippen molar-refractivity contribution in [1.29, 1.82) is 0 Å². The molecule has 0 aliphatic heterocycles. The van der Waals surface area contributed by atoms with Crippen LogP contribution in [0, 0.1) is 11.8 Å². The first-order valence-electron chi connectivity index (χ1n) is 5.83. The summed E-state index contributed by atoms with van der Waals surface area (Å²) < 4.78 is 0.605. The van der Waals surface area contributed by atoms with Crippen molar-refractivity contribution in [3.63, 3.8) is 0 Å². The van der Waals surface area contributed by atoms with Crippen molar-refractivity contribution in [2.45, 2.75) is 44.4 Å². The topological polar surface area (TPSA) is 25.8 Å². The molecule has 1 heterocycles. The highest BCUT2D eigenvalue weighted by Gasteiger charge is 2.38. The first-order chi connectivity index (χ1) is 7.34. The normalized spacial score (nSPS) is 22.8. The lowest BCUT2D eigenvalue weighted by Gasteiger charge is -2.41. The molecule has 0 radical (unpaired) electrons. The third-order valence-corrected chi connectivity index (χ3v) is 5.14. The van der Waals surface area contributed by atoms with Crippen molar-refractivity contribution in [3.05, 3.63) is 9.47 Å². The summed E-state index contributed by atoms with van der Waals surface area (Å²) in [5.74, 6) is 2.43. The Morgan fingerprint density at radius 1 is 1.07 bits per heavy atom. The molecule has 2 aliphatic carbocycles. The molecular weight excluding hydrogens is 228 g/mol. The fourth-order valence-electron chi connectivity index (χ4n) is 2.74. The van der Waals surface area contributed by atoms with Gasteiger partial charge in [-0.05, 0) is 49.1 Å². The van der Waals surface area contributed by atoms with E-state index in [-0.39, 0.29) is 0 Å². The van der Waals surface area contributed by atoms with Crippen LogP contribution in [0.2, 0.25) is 4.47 Å². The average molecular weight is 243 g/mol. The van der Waals surface area contributed by atoms with Crippen LogP contribution in [0.25, 0.3) is 0 Å². The first kappa shape index (κ1) is 10.0. The molecule has 82 valence electrons. The monoisotopic (exact) mass is 242 g/mol. The molecule has 0 aromatic carbocycles. The smallest absolute Gasteiger partial charge is 0.142 e. The van der Waals surface area contributed by atoms with E-state index in [1.165, 1.54) is 43.5 Å². The van der Waals surface area contributed by atoms with Gasteiger partial charge in [0.25, 0.3) is 0 Å². The first-order valence-corrected chi connectivity index (χ1v) is 7.03. The summed E-state index contributed by atoms with van der Waals surface area (Å²) in [5, 5.41) is 9.41. The molecule has 0 spiro atoms. The van der Waals surface area contributed by atoms with Crippen LogP contribution in [0.15, 0.2) is 0 Å². The summed E-state index contributed by atoms with van der Waals surface area (Å²) in [6.45, 7) is 0. The molecule has 4 heteroatoms. The van der Waals surface area contributed by atoms with Crippen molar-refractivity contribution in [2.24, 2.45) is 11.8 Å². The maximum Gasteiger partial charge on any atom is 0.207 e. The van der Waals surface area contributed by atoms with Gasteiger partial charge in [-0.2, -0.15) is 0 Å². The van der Waals surface area contributed by atoms with E-state index < -0.39 is 0 Å². The van der Waals surface area contributed by atoms with Crippen molar-refractivity contribution >= 4 is 22.9 Å². The van der Waals surface area contributed by atoms with Gasteiger partial charge in [-0.15, -0.1) is 10.2 Å². The van der Waals surface area contributed by atoms with E-state index in [4.69, 9.17) is 11.6 Å². The highest BCUT2D eigenvalue weighted by atomic mass is 35.5. The zero-order valence-corrected chi connectivity index (χ0v) is 10.2. The maximum absolute atomic E-state index is 5.88. The SMILES string of the molecule is Clc1nnc(C(C2CCC2)C2CCC2)s1. The third-order valence-electron chi connectivity index (χ3n) is 4.02. The van der Waals surface area contributed by atoms with E-state index in [9.17, 15) is 0 Å². The molecule has 15 heavy (non-hydrogen) atoms. The minimum Gasteiger partial charge on any atom is -0.142 e. The van der Waals surface area contributed by atoms with Gasteiger partial charge < -0.3 is 0 Å². The van der Waals surface area contributed by atoms with E-state index in [1.807, 2.05) is 0 Å². The minimum atomic E-state index is 0.605. The Bertz CT molecular complexity index is 330. The van der Waals surface area contributed by atoms with Gasteiger partial charge in [-0.25, -0.2) is 0 Å². The predicted molar refractivity (Wildman–Crippen MR) is 62.3 cm³/mol. The summed E-state index contributed by atoms with van der Waals surface area (Å²) in [4.78, 5) is 0. The molecular formula is C11H15ClN2S. The quantitative estimate of drug-likeness (QED) is 0.804. The average Bonchev–Trinajstić information content (AvgIpc) is 2.44. The highest BCUT2D eigenvalue weighted by Crippen LogP contribution is 2.50. The van der Waals surface area contributed by atoms with Crippen LogP contribution in [0.3, 0.4) is 0 Å². The number of hydrogen-bond donors (Lipinski definition) is 0. The second-order valence-electron chi connectivity index (χ2n) is 4.80. The predicted octanol–water partition coefficient (Wildman–Crippen LogP) is 3.88. The molecule has 2 fully saturated rings. The molecule has 1 aromatic rings. The van der Waals surface area contributed by atoms with Gasteiger partial charge in [0.15, 0.2) is 0 Å². The van der Waals surface area contributed by atoms with Crippen LogP contribution >= 0.6 is 22.9 Å². The number of nitrogens with zero attached hydrogens (tertiary/aromatic N) is 2. The fourth-order valence-corrected chi connectivity index (χ4v) is 3.87. The molecule has 1 aromatic heterocycles. The standard InChI is InChI=1S/C11H15ClN2S/c12-11-14-13-10(15-11)9(7-3-1-4-7)8-5-2-6-8/h7-9H,1-6H2. The van der Waals surface area contributed by atoms with E-state index in [0.29, 0.717) is 10.4 Å². The Morgan fingerprint density at radius 2 is 1.67 bits per heavy atom. The van der Waals surface area contributed by atoms with Gasteiger partial charge in [0.2, 0.25) is 4.47 Å². The van der Waals surface area contributed by atoms with Gasteiger partial charge >= 0.3 is 0 Å². The Labute approximate surface area is 99.1 Å². The van der Waals surface area contributed by atoms with Crippen LogP contribution < -0.4 is 0 Å². The number of rotatable bonds is 3. The van der Waals surface area contributed by atoms with Crippen LogP contribution in [0.5, 0.6) is 0 Å². The second-order valence-corrected chi connectivity index (χ2v) is 6.39.